The highest BCUT2D eigenvalue weighted by Gasteiger charge is 2.31. The smallest absolute Gasteiger partial charge is 0.260 e. The van der Waals surface area contributed by atoms with Gasteiger partial charge in [0.15, 0.2) is 6.61 Å². The summed E-state index contributed by atoms with van der Waals surface area (Å²) in [5.74, 6) is 0.555. The maximum atomic E-state index is 12.8. The highest BCUT2D eigenvalue weighted by molar-refractivity contribution is 7.89. The Kier molecular flexibility index (Phi) is 6.59. The predicted octanol–water partition coefficient (Wildman–Crippen LogP) is 2.81. The number of carbonyl (C=O) groups is 1. The molecule has 28 heavy (non-hydrogen) atoms. The topological polar surface area (TPSA) is 66.9 Å². The molecule has 1 saturated heterocycles. The summed E-state index contributed by atoms with van der Waals surface area (Å²) in [4.78, 5) is 14.2. The standard InChI is InChI=1S/C20H23ClN2O4S/c1-2-16-7-3-5-9-18(16)27-15-20(24)22-11-13-23(14-12-22)28(25,26)19-10-6-4-8-17(19)21/h3-10H,2,11-15H2,1H3. The van der Waals surface area contributed by atoms with Crippen LogP contribution in [0, 0.1) is 0 Å². The van der Waals surface area contributed by atoms with Crippen molar-refractivity contribution in [2.45, 2.75) is 18.2 Å². The van der Waals surface area contributed by atoms with Crippen LogP contribution in [0.25, 0.3) is 0 Å². The van der Waals surface area contributed by atoms with Crippen molar-refractivity contribution in [2.75, 3.05) is 32.8 Å². The van der Waals surface area contributed by atoms with Gasteiger partial charge in [0.05, 0.1) is 5.02 Å². The normalized spacial score (nSPS) is 15.4. The Bertz CT molecular complexity index is 941. The second-order valence-corrected chi connectivity index (χ2v) is 8.78. The second kappa shape index (κ2) is 8.94. The summed E-state index contributed by atoms with van der Waals surface area (Å²) in [5, 5.41) is 0.198. The first kappa shape index (κ1) is 20.6. The van der Waals surface area contributed by atoms with Gasteiger partial charge in [0, 0.05) is 26.2 Å². The fourth-order valence-electron chi connectivity index (χ4n) is 3.14. The van der Waals surface area contributed by atoms with E-state index < -0.39 is 10.0 Å². The third kappa shape index (κ3) is 4.48. The van der Waals surface area contributed by atoms with E-state index in [9.17, 15) is 13.2 Å². The number of para-hydroxylation sites is 1. The molecule has 8 heteroatoms. The predicted molar refractivity (Wildman–Crippen MR) is 108 cm³/mol. The van der Waals surface area contributed by atoms with Crippen LogP contribution in [-0.2, 0) is 21.2 Å². The summed E-state index contributed by atoms with van der Waals surface area (Å²) in [5.41, 5.74) is 1.05. The van der Waals surface area contributed by atoms with Gasteiger partial charge in [-0.3, -0.25) is 4.79 Å². The minimum Gasteiger partial charge on any atom is -0.483 e. The van der Waals surface area contributed by atoms with Gasteiger partial charge < -0.3 is 9.64 Å². The molecule has 0 atom stereocenters. The first-order chi connectivity index (χ1) is 13.4. The van der Waals surface area contributed by atoms with Crippen molar-refractivity contribution in [3.63, 3.8) is 0 Å². The van der Waals surface area contributed by atoms with Crippen LogP contribution in [0.15, 0.2) is 53.4 Å². The Morgan fingerprint density at radius 1 is 1.04 bits per heavy atom. The van der Waals surface area contributed by atoms with Crippen molar-refractivity contribution in [1.29, 1.82) is 0 Å². The van der Waals surface area contributed by atoms with Gasteiger partial charge in [-0.1, -0.05) is 48.9 Å². The number of sulfonamides is 1. The summed E-state index contributed by atoms with van der Waals surface area (Å²) in [6.07, 6.45) is 0.822. The number of nitrogens with zero attached hydrogens (tertiary/aromatic N) is 2. The molecule has 2 aromatic rings. The molecule has 0 spiro atoms. The van der Waals surface area contributed by atoms with Crippen molar-refractivity contribution < 1.29 is 17.9 Å². The third-order valence-electron chi connectivity index (χ3n) is 4.75. The summed E-state index contributed by atoms with van der Waals surface area (Å²) in [7, 11) is -3.67. The van der Waals surface area contributed by atoms with Gasteiger partial charge in [-0.15, -0.1) is 0 Å². The van der Waals surface area contributed by atoms with Gasteiger partial charge in [-0.05, 0) is 30.2 Å². The Morgan fingerprint density at radius 2 is 1.68 bits per heavy atom. The third-order valence-corrected chi connectivity index (χ3v) is 7.15. The van der Waals surface area contributed by atoms with Gasteiger partial charge in [-0.2, -0.15) is 4.31 Å². The zero-order valence-electron chi connectivity index (χ0n) is 15.7. The number of hydrogen-bond donors (Lipinski definition) is 0. The van der Waals surface area contributed by atoms with Crippen LogP contribution in [0.2, 0.25) is 5.02 Å². The van der Waals surface area contributed by atoms with Gasteiger partial charge in [-0.25, -0.2) is 8.42 Å². The zero-order chi connectivity index (χ0) is 20.1. The number of amides is 1. The van der Waals surface area contributed by atoms with Crippen molar-refractivity contribution in [3.05, 3.63) is 59.1 Å². The van der Waals surface area contributed by atoms with Gasteiger partial charge in [0.25, 0.3) is 5.91 Å². The highest BCUT2D eigenvalue weighted by Crippen LogP contribution is 2.25. The number of ether oxygens (including phenoxy) is 1. The molecule has 0 aromatic heterocycles. The molecule has 1 fully saturated rings. The summed E-state index contributed by atoms with van der Waals surface area (Å²) >= 11 is 6.04. The fraction of sp³-hybridized carbons (Fsp3) is 0.350. The van der Waals surface area contributed by atoms with E-state index in [2.05, 4.69) is 0 Å². The molecule has 150 valence electrons. The van der Waals surface area contributed by atoms with Crippen LogP contribution < -0.4 is 4.74 Å². The van der Waals surface area contributed by atoms with Gasteiger partial charge in [0.1, 0.15) is 10.6 Å². The molecule has 2 aromatic carbocycles. The molecule has 6 nitrogen and oxygen atoms in total. The molecule has 1 heterocycles. The molecule has 1 amide bonds. The monoisotopic (exact) mass is 422 g/mol. The minimum atomic E-state index is -3.67. The lowest BCUT2D eigenvalue weighted by Gasteiger charge is -2.34. The number of benzene rings is 2. The molecular weight excluding hydrogens is 400 g/mol. The minimum absolute atomic E-state index is 0.0612. The first-order valence-corrected chi connectivity index (χ1v) is 11.0. The molecule has 0 radical (unpaired) electrons. The first-order valence-electron chi connectivity index (χ1n) is 9.16. The highest BCUT2D eigenvalue weighted by atomic mass is 35.5. The number of halogens is 1. The average molecular weight is 423 g/mol. The summed E-state index contributed by atoms with van der Waals surface area (Å²) in [6, 6.07) is 14.0. The van der Waals surface area contributed by atoms with E-state index in [1.54, 1.807) is 23.1 Å². The van der Waals surface area contributed by atoms with E-state index in [4.69, 9.17) is 16.3 Å². The van der Waals surface area contributed by atoms with E-state index in [0.717, 1.165) is 12.0 Å². The quantitative estimate of drug-likeness (QED) is 0.717. The number of aryl methyl sites for hydroxylation is 1. The lowest BCUT2D eigenvalue weighted by molar-refractivity contribution is -0.134. The van der Waals surface area contributed by atoms with Crippen LogP contribution >= 0.6 is 11.6 Å². The zero-order valence-corrected chi connectivity index (χ0v) is 17.2. The maximum absolute atomic E-state index is 12.8. The Hall–Kier alpha value is -2.09. The summed E-state index contributed by atoms with van der Waals surface area (Å²) in [6.45, 7) is 3.06. The molecule has 0 N–H and O–H groups in total. The van der Waals surface area contributed by atoms with Crippen molar-refractivity contribution in [3.8, 4) is 5.75 Å². The average Bonchev–Trinajstić information content (AvgIpc) is 2.72. The molecule has 0 saturated carbocycles. The molecule has 1 aliphatic heterocycles. The molecule has 0 unspecified atom stereocenters. The molecule has 0 bridgehead atoms. The Labute approximate surface area is 170 Å². The van der Waals surface area contributed by atoms with Crippen LogP contribution in [0.3, 0.4) is 0 Å². The molecular formula is C20H23ClN2O4S. The van der Waals surface area contributed by atoms with E-state index in [1.807, 2.05) is 31.2 Å². The number of piperazine rings is 1. The van der Waals surface area contributed by atoms with Crippen LogP contribution in [0.4, 0.5) is 0 Å². The lowest BCUT2D eigenvalue weighted by Crippen LogP contribution is -2.51. The van der Waals surface area contributed by atoms with E-state index in [0.29, 0.717) is 18.8 Å². The Morgan fingerprint density at radius 3 is 2.36 bits per heavy atom. The van der Waals surface area contributed by atoms with Gasteiger partial charge in [0.2, 0.25) is 10.0 Å². The van der Waals surface area contributed by atoms with Crippen LogP contribution in [0.5, 0.6) is 5.75 Å². The molecule has 3 rings (SSSR count). The van der Waals surface area contributed by atoms with E-state index in [-0.39, 0.29) is 35.5 Å². The van der Waals surface area contributed by atoms with Crippen LogP contribution in [-0.4, -0.2) is 56.3 Å². The maximum Gasteiger partial charge on any atom is 0.260 e. The van der Waals surface area contributed by atoms with Gasteiger partial charge >= 0.3 is 0 Å². The van der Waals surface area contributed by atoms with E-state index >= 15 is 0 Å². The molecule has 1 aliphatic rings. The number of rotatable bonds is 6. The fourth-order valence-corrected chi connectivity index (χ4v) is 5.05. The second-order valence-electron chi connectivity index (χ2n) is 6.47. The lowest BCUT2D eigenvalue weighted by atomic mass is 10.1. The Balaban J connectivity index is 1.58. The van der Waals surface area contributed by atoms with Crippen molar-refractivity contribution in [1.82, 2.24) is 9.21 Å². The van der Waals surface area contributed by atoms with Crippen molar-refractivity contribution >= 4 is 27.5 Å². The molecule has 0 aliphatic carbocycles. The largest absolute Gasteiger partial charge is 0.483 e. The SMILES string of the molecule is CCc1ccccc1OCC(=O)N1CCN(S(=O)(=O)c2ccccc2Cl)CC1. The van der Waals surface area contributed by atoms with Crippen LogP contribution in [0.1, 0.15) is 12.5 Å². The summed E-state index contributed by atoms with van der Waals surface area (Å²) < 4.78 is 32.6. The van der Waals surface area contributed by atoms with E-state index in [1.165, 1.54) is 10.4 Å². The number of hydrogen-bond acceptors (Lipinski definition) is 4. The number of carbonyl (C=O) groups excluding carboxylic acids is 1. The van der Waals surface area contributed by atoms with Crippen molar-refractivity contribution in [2.24, 2.45) is 0 Å².